The summed E-state index contributed by atoms with van der Waals surface area (Å²) in [6.45, 7) is 8.98. The van der Waals surface area contributed by atoms with Crippen molar-refractivity contribution in [1.29, 1.82) is 0 Å². The molecule has 0 bridgehead atoms. The topological polar surface area (TPSA) is 6.48 Å². The third-order valence-electron chi connectivity index (χ3n) is 3.57. The Hall–Kier alpha value is -0.340. The molecule has 2 heteroatoms. The van der Waals surface area contributed by atoms with Crippen LogP contribution in [0.1, 0.15) is 32.1 Å². The van der Waals surface area contributed by atoms with Crippen LogP contribution in [0.3, 0.4) is 0 Å². The summed E-state index contributed by atoms with van der Waals surface area (Å²) >= 11 is 0. The van der Waals surface area contributed by atoms with Gasteiger partial charge < -0.3 is 0 Å². The summed E-state index contributed by atoms with van der Waals surface area (Å²) in [5, 5.41) is 5.14. The van der Waals surface area contributed by atoms with E-state index in [4.69, 9.17) is 0 Å². The minimum absolute atomic E-state index is 0.909. The van der Waals surface area contributed by atoms with Crippen molar-refractivity contribution >= 4 is 0 Å². The molecule has 2 nitrogen and oxygen atoms in total. The molecule has 2 saturated heterocycles. The van der Waals surface area contributed by atoms with E-state index in [9.17, 15) is 0 Å². The highest BCUT2D eigenvalue weighted by Crippen LogP contribution is 2.23. The molecule has 0 aliphatic carbocycles. The standard InChI is InChI=1S/C12H22N2/c1-2-5-12-6-10-14(11-7-12)13-8-3-4-9-13/h2,12H,1,3-11H2. The Balaban J connectivity index is 1.74. The van der Waals surface area contributed by atoms with Gasteiger partial charge in [-0.3, -0.25) is 0 Å². The molecule has 14 heavy (non-hydrogen) atoms. The number of piperidine rings is 1. The molecule has 2 rings (SSSR count). The summed E-state index contributed by atoms with van der Waals surface area (Å²) in [5.74, 6) is 0.909. The minimum atomic E-state index is 0.909. The second-order valence-corrected chi connectivity index (χ2v) is 4.58. The van der Waals surface area contributed by atoms with Crippen molar-refractivity contribution in [2.24, 2.45) is 5.92 Å². The van der Waals surface area contributed by atoms with Gasteiger partial charge in [0.1, 0.15) is 0 Å². The Labute approximate surface area is 87.5 Å². The number of hydrogen-bond acceptors (Lipinski definition) is 2. The first kappa shape index (κ1) is 10.2. The quantitative estimate of drug-likeness (QED) is 0.636. The summed E-state index contributed by atoms with van der Waals surface area (Å²) in [7, 11) is 0. The predicted molar refractivity (Wildman–Crippen MR) is 59.9 cm³/mol. The van der Waals surface area contributed by atoms with E-state index < -0.39 is 0 Å². The second kappa shape index (κ2) is 4.94. The molecule has 0 unspecified atom stereocenters. The molecule has 0 aromatic heterocycles. The van der Waals surface area contributed by atoms with Gasteiger partial charge >= 0.3 is 0 Å². The van der Waals surface area contributed by atoms with Gasteiger partial charge in [0.25, 0.3) is 0 Å². The van der Waals surface area contributed by atoms with Crippen molar-refractivity contribution in [3.05, 3.63) is 12.7 Å². The Morgan fingerprint density at radius 3 is 2.14 bits per heavy atom. The van der Waals surface area contributed by atoms with Crippen LogP contribution in [-0.2, 0) is 0 Å². The van der Waals surface area contributed by atoms with Gasteiger partial charge in [0.05, 0.1) is 0 Å². The summed E-state index contributed by atoms with van der Waals surface area (Å²) < 4.78 is 0. The highest BCUT2D eigenvalue weighted by molar-refractivity contribution is 4.79. The van der Waals surface area contributed by atoms with Gasteiger partial charge in [-0.1, -0.05) is 6.08 Å². The lowest BCUT2D eigenvalue weighted by atomic mass is 9.94. The summed E-state index contributed by atoms with van der Waals surface area (Å²) in [6, 6.07) is 0. The highest BCUT2D eigenvalue weighted by atomic mass is 15.6. The second-order valence-electron chi connectivity index (χ2n) is 4.58. The molecule has 80 valence electrons. The zero-order valence-electron chi connectivity index (χ0n) is 9.12. The van der Waals surface area contributed by atoms with Gasteiger partial charge in [0.15, 0.2) is 0 Å². The first-order valence-corrected chi connectivity index (χ1v) is 6.01. The molecule has 0 aromatic rings. The SMILES string of the molecule is C=CCC1CCN(N2CCCC2)CC1. The van der Waals surface area contributed by atoms with Gasteiger partial charge in [-0.2, -0.15) is 0 Å². The molecular weight excluding hydrogens is 172 g/mol. The summed E-state index contributed by atoms with van der Waals surface area (Å²) in [5.41, 5.74) is 0. The first-order valence-electron chi connectivity index (χ1n) is 6.01. The number of rotatable bonds is 3. The monoisotopic (exact) mass is 194 g/mol. The van der Waals surface area contributed by atoms with E-state index in [1.54, 1.807) is 0 Å². The third kappa shape index (κ3) is 2.37. The molecule has 2 aliphatic heterocycles. The van der Waals surface area contributed by atoms with Crippen LogP contribution < -0.4 is 0 Å². The maximum Gasteiger partial charge on any atom is 0.0136 e. The fourth-order valence-electron chi connectivity index (χ4n) is 2.66. The van der Waals surface area contributed by atoms with Crippen LogP contribution in [0, 0.1) is 5.92 Å². The van der Waals surface area contributed by atoms with E-state index >= 15 is 0 Å². The zero-order chi connectivity index (χ0) is 9.80. The van der Waals surface area contributed by atoms with Gasteiger partial charge in [0, 0.05) is 26.2 Å². The molecule has 0 saturated carbocycles. The van der Waals surface area contributed by atoms with Gasteiger partial charge in [0.2, 0.25) is 0 Å². The molecular formula is C12H22N2. The van der Waals surface area contributed by atoms with E-state index in [0.29, 0.717) is 0 Å². The fourth-order valence-corrected chi connectivity index (χ4v) is 2.66. The van der Waals surface area contributed by atoms with Crippen molar-refractivity contribution in [1.82, 2.24) is 10.0 Å². The van der Waals surface area contributed by atoms with Crippen molar-refractivity contribution in [3.8, 4) is 0 Å². The van der Waals surface area contributed by atoms with Crippen LogP contribution in [-0.4, -0.2) is 36.2 Å². The lowest BCUT2D eigenvalue weighted by Crippen LogP contribution is -2.45. The van der Waals surface area contributed by atoms with E-state index in [0.717, 1.165) is 5.92 Å². The smallest absolute Gasteiger partial charge is 0.0136 e. The van der Waals surface area contributed by atoms with Crippen LogP contribution in [0.4, 0.5) is 0 Å². The third-order valence-corrected chi connectivity index (χ3v) is 3.57. The van der Waals surface area contributed by atoms with Gasteiger partial charge in [-0.15, -0.1) is 6.58 Å². The fraction of sp³-hybridized carbons (Fsp3) is 0.833. The Morgan fingerprint density at radius 2 is 1.57 bits per heavy atom. The Bertz CT molecular complexity index is 177. The molecule has 0 aromatic carbocycles. The Kier molecular flexibility index (Phi) is 3.60. The van der Waals surface area contributed by atoms with Crippen LogP contribution in [0.15, 0.2) is 12.7 Å². The Morgan fingerprint density at radius 1 is 1.00 bits per heavy atom. The molecule has 0 amide bonds. The molecule has 2 heterocycles. The van der Waals surface area contributed by atoms with Crippen molar-refractivity contribution in [2.45, 2.75) is 32.1 Å². The molecule has 0 spiro atoms. The number of hydrazine groups is 1. The molecule has 0 radical (unpaired) electrons. The molecule has 2 aliphatic rings. The van der Waals surface area contributed by atoms with E-state index in [-0.39, 0.29) is 0 Å². The minimum Gasteiger partial charge on any atom is -0.242 e. The van der Waals surface area contributed by atoms with Crippen LogP contribution in [0.2, 0.25) is 0 Å². The molecule has 0 N–H and O–H groups in total. The number of hydrogen-bond donors (Lipinski definition) is 0. The summed E-state index contributed by atoms with van der Waals surface area (Å²) in [4.78, 5) is 0. The number of allylic oxidation sites excluding steroid dienone is 1. The molecule has 2 fully saturated rings. The van der Waals surface area contributed by atoms with Crippen LogP contribution in [0.5, 0.6) is 0 Å². The average Bonchev–Trinajstić information content (AvgIpc) is 2.72. The largest absolute Gasteiger partial charge is 0.242 e. The predicted octanol–water partition coefficient (Wildman–Crippen LogP) is 2.29. The maximum atomic E-state index is 3.83. The lowest BCUT2D eigenvalue weighted by Gasteiger charge is -2.37. The van der Waals surface area contributed by atoms with E-state index in [2.05, 4.69) is 22.7 Å². The maximum absolute atomic E-state index is 3.83. The van der Waals surface area contributed by atoms with Gasteiger partial charge in [-0.05, 0) is 38.0 Å². The zero-order valence-corrected chi connectivity index (χ0v) is 9.12. The normalized spacial score (nSPS) is 26.9. The number of nitrogens with zero attached hydrogens (tertiary/aromatic N) is 2. The van der Waals surface area contributed by atoms with Crippen molar-refractivity contribution < 1.29 is 0 Å². The van der Waals surface area contributed by atoms with Crippen molar-refractivity contribution in [3.63, 3.8) is 0 Å². The van der Waals surface area contributed by atoms with Crippen LogP contribution in [0.25, 0.3) is 0 Å². The van der Waals surface area contributed by atoms with Crippen molar-refractivity contribution in [2.75, 3.05) is 26.2 Å². The molecule has 0 atom stereocenters. The van der Waals surface area contributed by atoms with E-state index in [1.807, 2.05) is 0 Å². The first-order chi connectivity index (χ1) is 6.90. The van der Waals surface area contributed by atoms with E-state index in [1.165, 1.54) is 58.3 Å². The summed E-state index contributed by atoms with van der Waals surface area (Å²) in [6.07, 6.45) is 8.81. The van der Waals surface area contributed by atoms with Crippen LogP contribution >= 0.6 is 0 Å². The lowest BCUT2D eigenvalue weighted by molar-refractivity contribution is -0.0301. The average molecular weight is 194 g/mol. The van der Waals surface area contributed by atoms with Gasteiger partial charge in [-0.25, -0.2) is 10.0 Å². The highest BCUT2D eigenvalue weighted by Gasteiger charge is 2.24.